The Hall–Kier alpha value is -5.76. The van der Waals surface area contributed by atoms with Crippen LogP contribution >= 0.6 is 0 Å². The fourth-order valence-electron chi connectivity index (χ4n) is 7.74. The second-order valence-corrected chi connectivity index (χ2v) is 14.4. The van der Waals surface area contributed by atoms with Gasteiger partial charge in [0.25, 0.3) is 5.91 Å². The van der Waals surface area contributed by atoms with E-state index in [1.165, 1.54) is 17.7 Å². The number of aromatic hydroxyl groups is 1. The average Bonchev–Trinajstić information content (AvgIpc) is 3.76. The summed E-state index contributed by atoms with van der Waals surface area (Å²) in [5, 5.41) is 15.5. The van der Waals surface area contributed by atoms with Gasteiger partial charge in [-0.25, -0.2) is 4.39 Å². The number of rotatable bonds is 10. The van der Waals surface area contributed by atoms with Crippen molar-refractivity contribution in [3.8, 4) is 11.5 Å². The van der Waals surface area contributed by atoms with Crippen molar-refractivity contribution in [3.05, 3.63) is 106 Å². The normalized spacial score (nSPS) is 21.3. The first-order chi connectivity index (χ1) is 26.0. The molecule has 0 saturated carbocycles. The van der Waals surface area contributed by atoms with E-state index in [-0.39, 0.29) is 35.6 Å². The zero-order valence-electron chi connectivity index (χ0n) is 30.6. The van der Waals surface area contributed by atoms with Crippen molar-refractivity contribution in [2.24, 2.45) is 11.5 Å². The fraction of sp³-hybridized carbons (Fsp3) is 0.375. The molecular weight excluding hydrogens is 691 g/mol. The molecule has 3 fully saturated rings. The molecule has 3 amide bonds. The third-order valence-electron chi connectivity index (χ3n) is 10.9. The van der Waals surface area contributed by atoms with Crippen molar-refractivity contribution in [1.29, 1.82) is 0 Å². The molecule has 54 heavy (non-hydrogen) atoms. The molecule has 7 N–H and O–H groups in total. The van der Waals surface area contributed by atoms with Crippen LogP contribution in [0.25, 0.3) is 5.70 Å². The SMILES string of the molecule is CN/C(N)=C(/C=C(\N)c1cccc(F)c1O)N1CCC(Oc2ccc(CN3CCN(c4ccc5c(c4)C(=O)N(C4CCC(=O)NC4=O)C5)CC3)c(C)c2)C1. The van der Waals surface area contributed by atoms with Gasteiger partial charge in [-0.2, -0.15) is 0 Å². The van der Waals surface area contributed by atoms with Crippen LogP contribution in [-0.4, -0.2) is 96.0 Å². The molecule has 3 saturated heterocycles. The van der Waals surface area contributed by atoms with E-state index in [1.54, 1.807) is 24.1 Å². The van der Waals surface area contributed by atoms with Gasteiger partial charge >= 0.3 is 0 Å². The number of halogens is 1. The molecule has 4 aliphatic rings. The third kappa shape index (κ3) is 7.51. The molecule has 7 rings (SSSR count). The number of anilines is 1. The van der Waals surface area contributed by atoms with Crippen molar-refractivity contribution in [2.75, 3.05) is 51.2 Å². The minimum absolute atomic E-state index is 0.0878. The number of piperazine rings is 1. The molecule has 3 aromatic carbocycles. The first-order valence-corrected chi connectivity index (χ1v) is 18.4. The summed E-state index contributed by atoms with van der Waals surface area (Å²) in [7, 11) is 1.71. The third-order valence-corrected chi connectivity index (χ3v) is 10.9. The minimum Gasteiger partial charge on any atom is -0.504 e. The molecule has 284 valence electrons. The number of fused-ring (bicyclic) bond motifs is 1. The maximum atomic E-state index is 14.0. The summed E-state index contributed by atoms with van der Waals surface area (Å²) in [6.45, 7) is 7.90. The molecule has 4 heterocycles. The number of hydrogen-bond donors (Lipinski definition) is 5. The van der Waals surface area contributed by atoms with E-state index < -0.39 is 23.5 Å². The molecular formula is C40H47FN8O5. The molecule has 2 unspecified atom stereocenters. The lowest BCUT2D eigenvalue weighted by Gasteiger charge is -2.36. The molecule has 14 heteroatoms. The van der Waals surface area contributed by atoms with Crippen LogP contribution in [0.2, 0.25) is 0 Å². The smallest absolute Gasteiger partial charge is 0.255 e. The number of hydrogen-bond acceptors (Lipinski definition) is 11. The number of allylic oxidation sites excluding steroid dienone is 1. The van der Waals surface area contributed by atoms with E-state index in [2.05, 4.69) is 50.5 Å². The summed E-state index contributed by atoms with van der Waals surface area (Å²) in [6.07, 6.45) is 2.91. The van der Waals surface area contributed by atoms with Gasteiger partial charge in [-0.1, -0.05) is 18.2 Å². The van der Waals surface area contributed by atoms with E-state index in [1.807, 2.05) is 18.2 Å². The Balaban J connectivity index is 0.921. The Kier molecular flexibility index (Phi) is 10.4. The van der Waals surface area contributed by atoms with Crippen molar-refractivity contribution in [2.45, 2.75) is 51.4 Å². The van der Waals surface area contributed by atoms with Crippen LogP contribution < -0.4 is 31.7 Å². The number of likely N-dealkylation sites (tertiary alicyclic amines) is 1. The molecule has 0 radical (unpaired) electrons. The predicted octanol–water partition coefficient (Wildman–Crippen LogP) is 2.72. The molecule has 4 aliphatic heterocycles. The van der Waals surface area contributed by atoms with Gasteiger partial charge in [0.15, 0.2) is 11.6 Å². The second kappa shape index (κ2) is 15.3. The van der Waals surface area contributed by atoms with Crippen molar-refractivity contribution in [1.82, 2.24) is 25.3 Å². The Morgan fingerprint density at radius 3 is 2.57 bits per heavy atom. The number of aryl methyl sites for hydroxylation is 1. The quantitative estimate of drug-likeness (QED) is 0.153. The highest BCUT2D eigenvalue weighted by molar-refractivity contribution is 6.05. The first kappa shape index (κ1) is 36.6. The minimum atomic E-state index is -0.747. The van der Waals surface area contributed by atoms with Gasteiger partial charge in [-0.15, -0.1) is 0 Å². The molecule has 2 atom stereocenters. The average molecular weight is 739 g/mol. The standard InChI is InChI=1S/C40H47FN8O5/c1-24-18-28(54-29-12-13-48(23-29)35(38(43)44-2)20-33(42)30-4-3-5-32(41)37(30)51)9-7-25(24)21-46-14-16-47(17-15-46)27-8-6-26-22-49(40(53)31(26)19-27)34-10-11-36(50)45-39(34)52/h3-9,18-20,29,34,44,51H,10-17,21-23,42-43H2,1-2H3,(H,45,50,52)/b33-20-,38-35-. The summed E-state index contributed by atoms with van der Waals surface area (Å²) < 4.78 is 20.4. The summed E-state index contributed by atoms with van der Waals surface area (Å²) in [6, 6.07) is 15.8. The lowest BCUT2D eigenvalue weighted by Crippen LogP contribution is -2.52. The summed E-state index contributed by atoms with van der Waals surface area (Å²) in [5.41, 5.74) is 18.5. The van der Waals surface area contributed by atoms with Gasteiger partial charge in [0.05, 0.1) is 12.2 Å². The number of amides is 3. The van der Waals surface area contributed by atoms with E-state index in [0.29, 0.717) is 43.1 Å². The Bertz CT molecular complexity index is 2030. The van der Waals surface area contributed by atoms with Gasteiger partial charge in [-0.05, 0) is 72.5 Å². The largest absolute Gasteiger partial charge is 0.504 e. The summed E-state index contributed by atoms with van der Waals surface area (Å²) in [4.78, 5) is 45.8. The van der Waals surface area contributed by atoms with Crippen LogP contribution in [0.4, 0.5) is 10.1 Å². The molecule has 0 aromatic heterocycles. The van der Waals surface area contributed by atoms with E-state index in [4.69, 9.17) is 16.2 Å². The number of piperidine rings is 1. The number of benzene rings is 3. The number of imide groups is 1. The maximum absolute atomic E-state index is 14.0. The van der Waals surface area contributed by atoms with Gasteiger partial charge in [-0.3, -0.25) is 24.6 Å². The zero-order chi connectivity index (χ0) is 38.1. The Morgan fingerprint density at radius 1 is 1.04 bits per heavy atom. The molecule has 0 bridgehead atoms. The summed E-state index contributed by atoms with van der Waals surface area (Å²) in [5.74, 6) is -0.907. The van der Waals surface area contributed by atoms with Gasteiger partial charge in [0.1, 0.15) is 23.7 Å². The lowest BCUT2D eigenvalue weighted by atomic mass is 10.0. The number of para-hydroxylation sites is 1. The van der Waals surface area contributed by atoms with Crippen LogP contribution in [-0.2, 0) is 22.7 Å². The highest BCUT2D eigenvalue weighted by Gasteiger charge is 2.39. The van der Waals surface area contributed by atoms with Gasteiger partial charge < -0.3 is 41.3 Å². The molecule has 0 aliphatic carbocycles. The highest BCUT2D eigenvalue weighted by atomic mass is 19.1. The number of carbonyl (C=O) groups excluding carboxylic acids is 3. The van der Waals surface area contributed by atoms with Crippen molar-refractivity contribution >= 4 is 29.1 Å². The number of phenolic OH excluding ortho intramolecular Hbond substituents is 1. The highest BCUT2D eigenvalue weighted by Crippen LogP contribution is 2.32. The number of nitrogens with one attached hydrogen (secondary N) is 2. The van der Waals surface area contributed by atoms with Crippen molar-refractivity contribution in [3.63, 3.8) is 0 Å². The molecule has 3 aromatic rings. The maximum Gasteiger partial charge on any atom is 0.255 e. The van der Waals surface area contributed by atoms with E-state index in [0.717, 1.165) is 61.7 Å². The zero-order valence-corrected chi connectivity index (χ0v) is 30.6. The van der Waals surface area contributed by atoms with Crippen LogP contribution in [0, 0.1) is 12.7 Å². The van der Waals surface area contributed by atoms with E-state index >= 15 is 0 Å². The van der Waals surface area contributed by atoms with E-state index in [9.17, 15) is 23.9 Å². The number of nitrogens with two attached hydrogens (primary N) is 2. The number of ether oxygens (including phenoxy) is 1. The predicted molar refractivity (Wildman–Crippen MR) is 202 cm³/mol. The second-order valence-electron chi connectivity index (χ2n) is 14.4. The van der Waals surface area contributed by atoms with Crippen LogP contribution in [0.3, 0.4) is 0 Å². The Labute approximate surface area is 314 Å². The monoisotopic (exact) mass is 738 g/mol. The topological polar surface area (TPSA) is 170 Å². The summed E-state index contributed by atoms with van der Waals surface area (Å²) >= 11 is 0. The number of nitrogens with zero attached hydrogens (tertiary/aromatic N) is 4. The molecule has 13 nitrogen and oxygen atoms in total. The number of carbonyl (C=O) groups is 3. The fourth-order valence-corrected chi connectivity index (χ4v) is 7.74. The molecule has 0 spiro atoms. The van der Waals surface area contributed by atoms with Gasteiger partial charge in [0, 0.05) is 88.2 Å². The first-order valence-electron chi connectivity index (χ1n) is 18.4. The van der Waals surface area contributed by atoms with Crippen LogP contribution in [0.15, 0.2) is 72.2 Å². The van der Waals surface area contributed by atoms with Crippen LogP contribution in [0.5, 0.6) is 11.5 Å². The lowest BCUT2D eigenvalue weighted by molar-refractivity contribution is -0.136. The Morgan fingerprint density at radius 2 is 1.83 bits per heavy atom. The van der Waals surface area contributed by atoms with Crippen molar-refractivity contribution < 1.29 is 28.6 Å². The number of phenols is 1. The van der Waals surface area contributed by atoms with Gasteiger partial charge in [0.2, 0.25) is 11.8 Å². The van der Waals surface area contributed by atoms with Crippen LogP contribution in [0.1, 0.15) is 51.9 Å².